The van der Waals surface area contributed by atoms with Gasteiger partial charge in [-0.2, -0.15) is 0 Å². The molecule has 2 aliphatic rings. The van der Waals surface area contributed by atoms with Crippen LogP contribution in [0.2, 0.25) is 0 Å². The van der Waals surface area contributed by atoms with Crippen molar-refractivity contribution in [1.82, 2.24) is 10.2 Å². The van der Waals surface area contributed by atoms with E-state index in [1.165, 1.54) is 19.3 Å². The van der Waals surface area contributed by atoms with Crippen LogP contribution in [-0.4, -0.2) is 42.9 Å². The lowest BCUT2D eigenvalue weighted by atomic mass is 10.1. The molecule has 1 saturated carbocycles. The number of guanidine groups is 1. The van der Waals surface area contributed by atoms with Gasteiger partial charge in [0.25, 0.3) is 0 Å². The predicted octanol–water partition coefficient (Wildman–Crippen LogP) is 0.313. The van der Waals surface area contributed by atoms with E-state index < -0.39 is 0 Å². The summed E-state index contributed by atoms with van der Waals surface area (Å²) in [6.45, 7) is 3.22. The molecular formula is C12H22N4O. The summed E-state index contributed by atoms with van der Waals surface area (Å²) in [6.07, 6.45) is 5.79. The van der Waals surface area contributed by atoms with E-state index in [0.717, 1.165) is 25.9 Å². The number of aliphatic imine (C=N–C) groups is 1. The molecule has 2 rings (SSSR count). The van der Waals surface area contributed by atoms with Gasteiger partial charge >= 0.3 is 0 Å². The average molecular weight is 238 g/mol. The van der Waals surface area contributed by atoms with E-state index in [4.69, 9.17) is 5.73 Å². The lowest BCUT2D eigenvalue weighted by Crippen LogP contribution is -2.41. The summed E-state index contributed by atoms with van der Waals surface area (Å²) in [5.41, 5.74) is 5.90. The highest BCUT2D eigenvalue weighted by atomic mass is 16.2. The third kappa shape index (κ3) is 3.91. The van der Waals surface area contributed by atoms with Gasteiger partial charge in [0.2, 0.25) is 5.91 Å². The zero-order valence-electron chi connectivity index (χ0n) is 10.3. The summed E-state index contributed by atoms with van der Waals surface area (Å²) in [5.74, 6) is 1.08. The Balaban J connectivity index is 1.62. The number of hydrogen-bond acceptors (Lipinski definition) is 2. The predicted molar refractivity (Wildman–Crippen MR) is 67.6 cm³/mol. The fourth-order valence-electron chi connectivity index (χ4n) is 2.06. The topological polar surface area (TPSA) is 70.7 Å². The fourth-order valence-corrected chi connectivity index (χ4v) is 2.06. The minimum Gasteiger partial charge on any atom is -0.370 e. The summed E-state index contributed by atoms with van der Waals surface area (Å²) in [5, 5.41) is 2.88. The summed E-state index contributed by atoms with van der Waals surface area (Å²) in [7, 11) is 0. The van der Waals surface area contributed by atoms with Crippen LogP contribution in [-0.2, 0) is 4.79 Å². The van der Waals surface area contributed by atoms with Gasteiger partial charge < -0.3 is 16.0 Å². The number of nitrogens with two attached hydrogens (primary N) is 1. The molecule has 0 aromatic heterocycles. The Morgan fingerprint density at radius 2 is 2.00 bits per heavy atom. The monoisotopic (exact) mass is 238 g/mol. The van der Waals surface area contributed by atoms with Gasteiger partial charge in [0, 0.05) is 25.6 Å². The molecule has 17 heavy (non-hydrogen) atoms. The van der Waals surface area contributed by atoms with Crippen molar-refractivity contribution in [1.29, 1.82) is 0 Å². The number of likely N-dealkylation sites (tertiary alicyclic amines) is 1. The van der Waals surface area contributed by atoms with Crippen molar-refractivity contribution in [2.45, 2.75) is 32.1 Å². The Labute approximate surface area is 102 Å². The van der Waals surface area contributed by atoms with E-state index >= 15 is 0 Å². The van der Waals surface area contributed by atoms with E-state index in [2.05, 4.69) is 15.2 Å². The minimum absolute atomic E-state index is 0.178. The third-order valence-electron chi connectivity index (χ3n) is 3.31. The summed E-state index contributed by atoms with van der Waals surface area (Å²) < 4.78 is 0. The number of amides is 1. The molecule has 0 aromatic rings. The van der Waals surface area contributed by atoms with Crippen molar-refractivity contribution in [3.05, 3.63) is 0 Å². The molecule has 0 atom stereocenters. The van der Waals surface area contributed by atoms with Gasteiger partial charge in [0.15, 0.2) is 5.96 Å². The standard InChI is InChI=1S/C12H22N4O/c13-12(16-8-2-1-3-9-16)15-7-6-14-11(17)10-4-5-10/h10H,1-9H2,(H2,13,15)(H,14,17). The molecule has 96 valence electrons. The van der Waals surface area contributed by atoms with E-state index in [1.807, 2.05) is 0 Å². The first-order valence-electron chi connectivity index (χ1n) is 6.60. The van der Waals surface area contributed by atoms with E-state index in [1.54, 1.807) is 0 Å². The Morgan fingerprint density at radius 1 is 1.29 bits per heavy atom. The van der Waals surface area contributed by atoms with E-state index in [9.17, 15) is 4.79 Å². The SMILES string of the molecule is NC(=NCCNC(=O)C1CC1)N1CCCCC1. The molecule has 3 N–H and O–H groups in total. The molecular weight excluding hydrogens is 216 g/mol. The number of carbonyl (C=O) groups excluding carboxylic acids is 1. The quantitative estimate of drug-likeness (QED) is 0.421. The van der Waals surface area contributed by atoms with Gasteiger partial charge in [-0.05, 0) is 32.1 Å². The lowest BCUT2D eigenvalue weighted by Gasteiger charge is -2.27. The summed E-state index contributed by atoms with van der Waals surface area (Å²) in [6, 6.07) is 0. The second kappa shape index (κ2) is 5.89. The van der Waals surface area contributed by atoms with Gasteiger partial charge in [-0.1, -0.05) is 0 Å². The van der Waals surface area contributed by atoms with Crippen LogP contribution < -0.4 is 11.1 Å². The van der Waals surface area contributed by atoms with Crippen LogP contribution in [0.1, 0.15) is 32.1 Å². The Bertz CT molecular complexity index is 293. The maximum atomic E-state index is 11.4. The summed E-state index contributed by atoms with van der Waals surface area (Å²) in [4.78, 5) is 17.8. The van der Waals surface area contributed by atoms with Gasteiger partial charge in [0.05, 0.1) is 6.54 Å². The van der Waals surface area contributed by atoms with Crippen molar-refractivity contribution in [3.8, 4) is 0 Å². The molecule has 0 radical (unpaired) electrons. The fraction of sp³-hybridized carbons (Fsp3) is 0.833. The molecule has 2 fully saturated rings. The van der Waals surface area contributed by atoms with Crippen LogP contribution in [0, 0.1) is 5.92 Å². The lowest BCUT2D eigenvalue weighted by molar-refractivity contribution is -0.122. The highest BCUT2D eigenvalue weighted by Crippen LogP contribution is 2.28. The molecule has 1 amide bonds. The first-order chi connectivity index (χ1) is 8.27. The number of rotatable bonds is 4. The average Bonchev–Trinajstić information content (AvgIpc) is 3.19. The van der Waals surface area contributed by atoms with Crippen LogP contribution in [0.25, 0.3) is 0 Å². The second-order valence-corrected chi connectivity index (χ2v) is 4.85. The van der Waals surface area contributed by atoms with Gasteiger partial charge in [0.1, 0.15) is 0 Å². The van der Waals surface area contributed by atoms with Crippen LogP contribution in [0.3, 0.4) is 0 Å². The van der Waals surface area contributed by atoms with E-state index in [-0.39, 0.29) is 11.8 Å². The van der Waals surface area contributed by atoms with Gasteiger partial charge in [-0.25, -0.2) is 0 Å². The van der Waals surface area contributed by atoms with Crippen molar-refractivity contribution >= 4 is 11.9 Å². The number of carbonyl (C=O) groups is 1. The molecule has 0 unspecified atom stereocenters. The van der Waals surface area contributed by atoms with Gasteiger partial charge in [-0.15, -0.1) is 0 Å². The third-order valence-corrected chi connectivity index (χ3v) is 3.31. The largest absolute Gasteiger partial charge is 0.370 e. The molecule has 5 nitrogen and oxygen atoms in total. The highest BCUT2D eigenvalue weighted by Gasteiger charge is 2.28. The maximum Gasteiger partial charge on any atom is 0.223 e. The van der Waals surface area contributed by atoms with Crippen molar-refractivity contribution in [3.63, 3.8) is 0 Å². The molecule has 1 aliphatic heterocycles. The Hall–Kier alpha value is -1.26. The molecule has 1 heterocycles. The first kappa shape index (κ1) is 12.2. The zero-order chi connectivity index (χ0) is 12.1. The number of nitrogens with one attached hydrogen (secondary N) is 1. The minimum atomic E-state index is 0.178. The number of piperidine rings is 1. The first-order valence-corrected chi connectivity index (χ1v) is 6.60. The second-order valence-electron chi connectivity index (χ2n) is 4.85. The highest BCUT2D eigenvalue weighted by molar-refractivity contribution is 5.81. The number of hydrogen-bond donors (Lipinski definition) is 2. The van der Waals surface area contributed by atoms with Crippen LogP contribution in [0.5, 0.6) is 0 Å². The van der Waals surface area contributed by atoms with Crippen molar-refractivity contribution in [2.24, 2.45) is 16.6 Å². The molecule has 5 heteroatoms. The van der Waals surface area contributed by atoms with Crippen molar-refractivity contribution in [2.75, 3.05) is 26.2 Å². The van der Waals surface area contributed by atoms with Crippen LogP contribution in [0.15, 0.2) is 4.99 Å². The number of nitrogens with zero attached hydrogens (tertiary/aromatic N) is 2. The van der Waals surface area contributed by atoms with Crippen LogP contribution >= 0.6 is 0 Å². The molecule has 0 bridgehead atoms. The molecule has 1 saturated heterocycles. The smallest absolute Gasteiger partial charge is 0.223 e. The molecule has 1 aliphatic carbocycles. The normalized spacial score (nSPS) is 21.4. The van der Waals surface area contributed by atoms with Crippen molar-refractivity contribution < 1.29 is 4.79 Å². The van der Waals surface area contributed by atoms with Crippen LogP contribution in [0.4, 0.5) is 0 Å². The Morgan fingerprint density at radius 3 is 2.65 bits per heavy atom. The van der Waals surface area contributed by atoms with Gasteiger partial charge in [-0.3, -0.25) is 9.79 Å². The zero-order valence-corrected chi connectivity index (χ0v) is 10.3. The van der Waals surface area contributed by atoms with E-state index in [0.29, 0.717) is 19.0 Å². The molecule has 0 spiro atoms. The maximum absolute atomic E-state index is 11.4. The Kier molecular flexibility index (Phi) is 4.23. The molecule has 0 aromatic carbocycles. The summed E-state index contributed by atoms with van der Waals surface area (Å²) >= 11 is 0.